The van der Waals surface area contributed by atoms with E-state index in [-0.39, 0.29) is 0 Å². The summed E-state index contributed by atoms with van der Waals surface area (Å²) in [6.45, 7) is 0. The van der Waals surface area contributed by atoms with Crippen LogP contribution in [0.15, 0.2) is 39.4 Å². The number of rotatable bonds is 3. The Morgan fingerprint density at radius 3 is 2.75 bits per heavy atom. The molecule has 0 spiro atoms. The third-order valence-electron chi connectivity index (χ3n) is 2.37. The van der Waals surface area contributed by atoms with Crippen molar-refractivity contribution in [1.29, 1.82) is 0 Å². The number of anilines is 1. The Hall–Kier alpha value is -1.42. The molecule has 4 heteroatoms. The first-order valence-corrected chi connectivity index (χ1v) is 5.65. The quantitative estimate of drug-likeness (QED) is 0.879. The molecule has 0 aliphatic heterocycles. The minimum atomic E-state index is 0.661. The summed E-state index contributed by atoms with van der Waals surface area (Å²) in [4.78, 5) is 0. The van der Waals surface area contributed by atoms with Gasteiger partial charge in [-0.1, -0.05) is 12.1 Å². The highest BCUT2D eigenvalue weighted by Crippen LogP contribution is 2.27. The maximum absolute atomic E-state index is 5.97. The van der Waals surface area contributed by atoms with Crippen LogP contribution < -0.4 is 10.5 Å². The molecular formula is C12H12BrNO2. The molecule has 0 saturated heterocycles. The summed E-state index contributed by atoms with van der Waals surface area (Å²) in [5, 5.41) is 0. The Kier molecular flexibility index (Phi) is 3.19. The third-order valence-corrected chi connectivity index (χ3v) is 2.80. The second kappa shape index (κ2) is 4.61. The second-order valence-electron chi connectivity index (χ2n) is 3.42. The fourth-order valence-electron chi connectivity index (χ4n) is 1.56. The molecule has 0 amide bonds. The molecule has 0 aliphatic carbocycles. The van der Waals surface area contributed by atoms with Crippen LogP contribution in [0.2, 0.25) is 0 Å². The van der Waals surface area contributed by atoms with E-state index in [4.69, 9.17) is 14.9 Å². The number of nitrogens with two attached hydrogens (primary N) is 1. The van der Waals surface area contributed by atoms with Crippen molar-refractivity contribution < 1.29 is 9.15 Å². The van der Waals surface area contributed by atoms with Gasteiger partial charge in [0.05, 0.1) is 12.8 Å². The lowest BCUT2D eigenvalue weighted by Gasteiger charge is -2.08. The van der Waals surface area contributed by atoms with Crippen LogP contribution >= 0.6 is 15.9 Å². The maximum atomic E-state index is 5.97. The normalized spacial score (nSPS) is 10.4. The maximum Gasteiger partial charge on any atom is 0.169 e. The van der Waals surface area contributed by atoms with Gasteiger partial charge in [-0.25, -0.2) is 0 Å². The van der Waals surface area contributed by atoms with Gasteiger partial charge in [-0.05, 0) is 39.7 Å². The molecule has 2 aromatic rings. The summed E-state index contributed by atoms with van der Waals surface area (Å²) in [7, 11) is 1.61. The molecule has 1 heterocycles. The van der Waals surface area contributed by atoms with Crippen LogP contribution in [0.25, 0.3) is 0 Å². The van der Waals surface area contributed by atoms with Crippen molar-refractivity contribution in [2.45, 2.75) is 6.42 Å². The van der Waals surface area contributed by atoms with Gasteiger partial charge in [-0.3, -0.25) is 0 Å². The van der Waals surface area contributed by atoms with Gasteiger partial charge in [0.2, 0.25) is 0 Å². The van der Waals surface area contributed by atoms with Gasteiger partial charge in [-0.15, -0.1) is 0 Å². The molecule has 84 valence electrons. The molecule has 16 heavy (non-hydrogen) atoms. The van der Waals surface area contributed by atoms with E-state index in [2.05, 4.69) is 15.9 Å². The minimum Gasteiger partial charge on any atom is -0.495 e. The van der Waals surface area contributed by atoms with Crippen molar-refractivity contribution in [1.82, 2.24) is 0 Å². The van der Waals surface area contributed by atoms with E-state index in [1.165, 1.54) is 0 Å². The number of para-hydroxylation sites is 1. The minimum absolute atomic E-state index is 0.661. The summed E-state index contributed by atoms with van der Waals surface area (Å²) in [5.41, 5.74) is 7.64. The number of hydrogen-bond donors (Lipinski definition) is 1. The lowest BCUT2D eigenvalue weighted by atomic mass is 10.1. The first kappa shape index (κ1) is 11.1. The molecule has 1 aromatic heterocycles. The first-order valence-electron chi connectivity index (χ1n) is 4.86. The van der Waals surface area contributed by atoms with E-state index in [1.54, 1.807) is 7.11 Å². The number of nitrogen functional groups attached to an aromatic ring is 1. The zero-order chi connectivity index (χ0) is 11.5. The Morgan fingerprint density at radius 2 is 2.12 bits per heavy atom. The summed E-state index contributed by atoms with van der Waals surface area (Å²) >= 11 is 3.27. The number of halogens is 1. The predicted molar refractivity (Wildman–Crippen MR) is 66.6 cm³/mol. The average Bonchev–Trinajstić information content (AvgIpc) is 2.67. The lowest BCUT2D eigenvalue weighted by Crippen LogP contribution is -1.98. The number of benzene rings is 1. The average molecular weight is 282 g/mol. The molecule has 0 saturated carbocycles. The Morgan fingerprint density at radius 1 is 1.31 bits per heavy atom. The van der Waals surface area contributed by atoms with E-state index in [1.807, 2.05) is 30.3 Å². The van der Waals surface area contributed by atoms with Crippen molar-refractivity contribution in [2.75, 3.05) is 12.8 Å². The lowest BCUT2D eigenvalue weighted by molar-refractivity contribution is 0.416. The molecule has 0 aliphatic rings. The standard InChI is InChI=1S/C12H12BrNO2/c1-15-10-4-2-3-8(12(10)14)7-9-5-6-11(13)16-9/h2-6H,7,14H2,1H3. The molecular weight excluding hydrogens is 270 g/mol. The Bertz CT molecular complexity index is 494. The SMILES string of the molecule is COc1cccc(Cc2ccc(Br)o2)c1N. The topological polar surface area (TPSA) is 48.4 Å². The Balaban J connectivity index is 2.28. The van der Waals surface area contributed by atoms with Gasteiger partial charge < -0.3 is 14.9 Å². The molecule has 0 unspecified atom stereocenters. The van der Waals surface area contributed by atoms with Crippen molar-refractivity contribution in [3.05, 3.63) is 46.3 Å². The van der Waals surface area contributed by atoms with Crippen LogP contribution in [0.4, 0.5) is 5.69 Å². The molecule has 1 aromatic carbocycles. The van der Waals surface area contributed by atoms with Crippen LogP contribution in [-0.2, 0) is 6.42 Å². The van der Waals surface area contributed by atoms with Gasteiger partial charge >= 0.3 is 0 Å². The zero-order valence-electron chi connectivity index (χ0n) is 8.87. The fraction of sp³-hybridized carbons (Fsp3) is 0.167. The molecule has 2 rings (SSSR count). The molecule has 3 nitrogen and oxygen atoms in total. The summed E-state index contributed by atoms with van der Waals surface area (Å²) in [6.07, 6.45) is 0.661. The van der Waals surface area contributed by atoms with Crippen molar-refractivity contribution >= 4 is 21.6 Å². The van der Waals surface area contributed by atoms with Crippen LogP contribution in [0, 0.1) is 0 Å². The van der Waals surface area contributed by atoms with E-state index >= 15 is 0 Å². The molecule has 0 atom stereocenters. The summed E-state index contributed by atoms with van der Waals surface area (Å²) in [5.74, 6) is 1.56. The highest BCUT2D eigenvalue weighted by molar-refractivity contribution is 9.10. The van der Waals surface area contributed by atoms with Gasteiger partial charge in [0.15, 0.2) is 4.67 Å². The smallest absolute Gasteiger partial charge is 0.169 e. The first-order chi connectivity index (χ1) is 7.70. The molecule has 0 radical (unpaired) electrons. The van der Waals surface area contributed by atoms with Crippen LogP contribution in [0.5, 0.6) is 5.75 Å². The molecule has 2 N–H and O–H groups in total. The van der Waals surface area contributed by atoms with Gasteiger partial charge in [0.25, 0.3) is 0 Å². The van der Waals surface area contributed by atoms with Crippen LogP contribution in [0.1, 0.15) is 11.3 Å². The number of methoxy groups -OCH3 is 1. The Labute approximate surface area is 102 Å². The third kappa shape index (κ3) is 2.22. The van der Waals surface area contributed by atoms with E-state index in [0.717, 1.165) is 16.0 Å². The van der Waals surface area contributed by atoms with E-state index in [9.17, 15) is 0 Å². The van der Waals surface area contributed by atoms with Crippen molar-refractivity contribution in [3.8, 4) is 5.75 Å². The van der Waals surface area contributed by atoms with Crippen LogP contribution in [0.3, 0.4) is 0 Å². The number of ether oxygens (including phenoxy) is 1. The van der Waals surface area contributed by atoms with Crippen molar-refractivity contribution in [3.63, 3.8) is 0 Å². The summed E-state index contributed by atoms with van der Waals surface area (Å²) in [6, 6.07) is 9.52. The second-order valence-corrected chi connectivity index (χ2v) is 4.20. The fourth-order valence-corrected chi connectivity index (χ4v) is 1.90. The largest absolute Gasteiger partial charge is 0.495 e. The highest BCUT2D eigenvalue weighted by atomic mass is 79.9. The molecule has 0 bridgehead atoms. The number of hydrogen-bond acceptors (Lipinski definition) is 3. The van der Waals surface area contributed by atoms with Gasteiger partial charge in [-0.2, -0.15) is 0 Å². The zero-order valence-corrected chi connectivity index (χ0v) is 10.5. The summed E-state index contributed by atoms with van der Waals surface area (Å²) < 4.78 is 11.3. The van der Waals surface area contributed by atoms with Crippen LogP contribution in [-0.4, -0.2) is 7.11 Å². The number of furan rings is 1. The van der Waals surface area contributed by atoms with Gasteiger partial charge in [0.1, 0.15) is 11.5 Å². The monoisotopic (exact) mass is 281 g/mol. The predicted octanol–water partition coefficient (Wildman–Crippen LogP) is 3.22. The highest BCUT2D eigenvalue weighted by Gasteiger charge is 2.08. The van der Waals surface area contributed by atoms with Crippen molar-refractivity contribution in [2.24, 2.45) is 0 Å². The van der Waals surface area contributed by atoms with E-state index < -0.39 is 0 Å². The van der Waals surface area contributed by atoms with Gasteiger partial charge in [0, 0.05) is 6.42 Å². The van der Waals surface area contributed by atoms with E-state index in [0.29, 0.717) is 17.9 Å². The molecule has 0 fully saturated rings.